The summed E-state index contributed by atoms with van der Waals surface area (Å²) in [4.78, 5) is 16.7. The Morgan fingerprint density at radius 2 is 1.88 bits per heavy atom. The number of fused-ring (bicyclic) bond motifs is 1. The molecule has 5 nitrogen and oxygen atoms in total. The number of ether oxygens (including phenoxy) is 2. The monoisotopic (exact) mass is 358 g/mol. The Morgan fingerprint density at radius 1 is 1.16 bits per heavy atom. The van der Waals surface area contributed by atoms with E-state index in [1.165, 1.54) is 0 Å². The molecule has 0 aliphatic carbocycles. The van der Waals surface area contributed by atoms with E-state index in [1.54, 1.807) is 12.1 Å². The second kappa shape index (κ2) is 7.57. The van der Waals surface area contributed by atoms with Crippen LogP contribution in [0.3, 0.4) is 0 Å². The summed E-state index contributed by atoms with van der Waals surface area (Å²) in [5.74, 6) is 0.909. The normalized spacial score (nSPS) is 11.0. The predicted octanol–water partition coefficient (Wildman–Crippen LogP) is 4.22. The van der Waals surface area contributed by atoms with Gasteiger partial charge in [0.15, 0.2) is 0 Å². The van der Waals surface area contributed by atoms with E-state index in [-0.39, 0.29) is 25.2 Å². The zero-order valence-corrected chi connectivity index (χ0v) is 14.9. The van der Waals surface area contributed by atoms with Gasteiger partial charge in [0.25, 0.3) is 0 Å². The van der Waals surface area contributed by atoms with Gasteiger partial charge in [-0.3, -0.25) is 4.79 Å². The van der Waals surface area contributed by atoms with Crippen LogP contribution in [0.4, 0.5) is 0 Å². The van der Waals surface area contributed by atoms with Crippen molar-refractivity contribution in [2.24, 2.45) is 0 Å². The first kappa shape index (κ1) is 17.3. The van der Waals surface area contributed by atoms with Crippen LogP contribution in [-0.4, -0.2) is 21.6 Å². The summed E-state index contributed by atoms with van der Waals surface area (Å²) in [5, 5.41) is 0.532. The highest BCUT2D eigenvalue weighted by molar-refractivity contribution is 6.32. The zero-order chi connectivity index (χ0) is 17.8. The zero-order valence-electron chi connectivity index (χ0n) is 14.1. The maximum Gasteiger partial charge on any atom is 0.326 e. The van der Waals surface area contributed by atoms with E-state index in [0.29, 0.717) is 16.6 Å². The SMILES string of the molecule is CC(C)OC(=O)Cn1c(COc2ccccc2Cl)nc2ccccc21. The molecule has 0 fully saturated rings. The molecule has 0 amide bonds. The summed E-state index contributed by atoms with van der Waals surface area (Å²) in [6.45, 7) is 3.93. The topological polar surface area (TPSA) is 53.4 Å². The Hall–Kier alpha value is -2.53. The highest BCUT2D eigenvalue weighted by atomic mass is 35.5. The van der Waals surface area contributed by atoms with Crippen molar-refractivity contribution in [2.45, 2.75) is 33.1 Å². The minimum atomic E-state index is -0.308. The average molecular weight is 359 g/mol. The Morgan fingerprint density at radius 3 is 2.64 bits per heavy atom. The Labute approximate surface area is 151 Å². The fourth-order valence-electron chi connectivity index (χ4n) is 2.55. The van der Waals surface area contributed by atoms with Gasteiger partial charge in [-0.25, -0.2) is 4.98 Å². The van der Waals surface area contributed by atoms with Crippen LogP contribution in [0.15, 0.2) is 48.5 Å². The van der Waals surface area contributed by atoms with E-state index >= 15 is 0 Å². The molecule has 0 N–H and O–H groups in total. The first-order valence-electron chi connectivity index (χ1n) is 8.05. The molecule has 0 spiro atoms. The lowest BCUT2D eigenvalue weighted by atomic mass is 10.3. The largest absolute Gasteiger partial charge is 0.484 e. The van der Waals surface area contributed by atoms with Gasteiger partial charge >= 0.3 is 5.97 Å². The molecule has 0 aliphatic heterocycles. The lowest BCUT2D eigenvalue weighted by molar-refractivity contribution is -0.148. The van der Waals surface area contributed by atoms with Crippen molar-refractivity contribution in [3.05, 3.63) is 59.4 Å². The van der Waals surface area contributed by atoms with Gasteiger partial charge in [-0.05, 0) is 38.1 Å². The maximum atomic E-state index is 12.1. The number of halogens is 1. The van der Waals surface area contributed by atoms with Gasteiger partial charge in [0.2, 0.25) is 0 Å². The summed E-state index contributed by atoms with van der Waals surface area (Å²) in [6, 6.07) is 14.9. The van der Waals surface area contributed by atoms with Crippen LogP contribution in [0.2, 0.25) is 5.02 Å². The Bertz CT molecular complexity index is 889. The smallest absolute Gasteiger partial charge is 0.326 e. The summed E-state index contributed by atoms with van der Waals surface area (Å²) in [7, 11) is 0. The summed E-state index contributed by atoms with van der Waals surface area (Å²) in [5.41, 5.74) is 1.67. The molecule has 3 aromatic rings. The number of esters is 1. The van der Waals surface area contributed by atoms with Crippen LogP contribution in [0.1, 0.15) is 19.7 Å². The Kier molecular flexibility index (Phi) is 5.24. The van der Waals surface area contributed by atoms with E-state index in [1.807, 2.05) is 54.8 Å². The quantitative estimate of drug-likeness (QED) is 0.619. The third-order valence-corrected chi connectivity index (χ3v) is 3.89. The minimum absolute atomic E-state index is 0.0832. The number of aromatic nitrogens is 2. The van der Waals surface area contributed by atoms with E-state index < -0.39 is 0 Å². The lowest BCUT2D eigenvalue weighted by Gasteiger charge is -2.12. The third kappa shape index (κ3) is 4.12. The fourth-order valence-corrected chi connectivity index (χ4v) is 2.74. The molecule has 6 heteroatoms. The highest BCUT2D eigenvalue weighted by Crippen LogP contribution is 2.25. The van der Waals surface area contributed by atoms with Crippen LogP contribution in [0.5, 0.6) is 5.75 Å². The number of benzene rings is 2. The molecule has 130 valence electrons. The molecule has 3 rings (SSSR count). The van der Waals surface area contributed by atoms with Gasteiger partial charge in [-0.1, -0.05) is 35.9 Å². The standard InChI is InChI=1S/C19H19ClN2O3/c1-13(2)25-19(23)11-22-16-9-5-4-8-15(16)21-18(22)12-24-17-10-6-3-7-14(17)20/h3-10,13H,11-12H2,1-2H3. The van der Waals surface area contributed by atoms with Crippen molar-refractivity contribution in [3.63, 3.8) is 0 Å². The summed E-state index contributed by atoms with van der Waals surface area (Å²) in [6.07, 6.45) is -0.162. The molecule has 0 bridgehead atoms. The number of carbonyl (C=O) groups excluding carboxylic acids is 1. The number of para-hydroxylation sites is 3. The van der Waals surface area contributed by atoms with Gasteiger partial charge in [-0.15, -0.1) is 0 Å². The van der Waals surface area contributed by atoms with E-state index in [0.717, 1.165) is 11.0 Å². The summed E-state index contributed by atoms with van der Waals surface area (Å²) < 4.78 is 12.9. The molecule has 0 saturated carbocycles. The second-order valence-electron chi connectivity index (χ2n) is 5.86. The molecule has 1 heterocycles. The lowest BCUT2D eigenvalue weighted by Crippen LogP contribution is -2.19. The molecule has 25 heavy (non-hydrogen) atoms. The van der Waals surface area contributed by atoms with Crippen LogP contribution in [-0.2, 0) is 22.7 Å². The molecular formula is C19H19ClN2O3. The van der Waals surface area contributed by atoms with Crippen LogP contribution >= 0.6 is 11.6 Å². The minimum Gasteiger partial charge on any atom is -0.484 e. The van der Waals surface area contributed by atoms with Crippen molar-refractivity contribution in [2.75, 3.05) is 0 Å². The second-order valence-corrected chi connectivity index (χ2v) is 6.27. The van der Waals surface area contributed by atoms with Crippen molar-refractivity contribution < 1.29 is 14.3 Å². The van der Waals surface area contributed by atoms with Gasteiger partial charge < -0.3 is 14.0 Å². The number of rotatable bonds is 6. The van der Waals surface area contributed by atoms with Crippen molar-refractivity contribution in [1.29, 1.82) is 0 Å². The maximum absolute atomic E-state index is 12.1. The first-order chi connectivity index (χ1) is 12.0. The number of nitrogens with zero attached hydrogens (tertiary/aromatic N) is 2. The average Bonchev–Trinajstić information content (AvgIpc) is 2.91. The number of carbonyl (C=O) groups is 1. The summed E-state index contributed by atoms with van der Waals surface area (Å²) >= 11 is 6.12. The molecule has 0 aliphatic rings. The number of imidazole rings is 1. The third-order valence-electron chi connectivity index (χ3n) is 3.58. The van der Waals surface area contributed by atoms with Crippen LogP contribution in [0, 0.1) is 0 Å². The van der Waals surface area contributed by atoms with Gasteiger partial charge in [0.1, 0.15) is 24.7 Å². The van der Waals surface area contributed by atoms with Gasteiger partial charge in [-0.2, -0.15) is 0 Å². The van der Waals surface area contributed by atoms with Crippen molar-refractivity contribution in [1.82, 2.24) is 9.55 Å². The van der Waals surface area contributed by atoms with E-state index in [2.05, 4.69) is 4.98 Å². The fraction of sp³-hybridized carbons (Fsp3) is 0.263. The van der Waals surface area contributed by atoms with Crippen LogP contribution < -0.4 is 4.74 Å². The molecule has 0 unspecified atom stereocenters. The number of hydrogen-bond donors (Lipinski definition) is 0. The van der Waals surface area contributed by atoms with Gasteiger partial charge in [0, 0.05) is 0 Å². The molecule has 2 aromatic carbocycles. The van der Waals surface area contributed by atoms with E-state index in [4.69, 9.17) is 21.1 Å². The van der Waals surface area contributed by atoms with Crippen LogP contribution in [0.25, 0.3) is 11.0 Å². The Balaban J connectivity index is 1.87. The predicted molar refractivity (Wildman–Crippen MR) is 96.7 cm³/mol. The first-order valence-corrected chi connectivity index (χ1v) is 8.43. The molecule has 0 atom stereocenters. The van der Waals surface area contributed by atoms with E-state index in [9.17, 15) is 4.79 Å². The molecule has 0 radical (unpaired) electrons. The van der Waals surface area contributed by atoms with Gasteiger partial charge in [0.05, 0.1) is 22.2 Å². The van der Waals surface area contributed by atoms with Crippen molar-refractivity contribution >= 4 is 28.6 Å². The number of hydrogen-bond acceptors (Lipinski definition) is 4. The van der Waals surface area contributed by atoms with Crippen molar-refractivity contribution in [3.8, 4) is 5.75 Å². The highest BCUT2D eigenvalue weighted by Gasteiger charge is 2.16. The molecular weight excluding hydrogens is 340 g/mol. The molecule has 1 aromatic heterocycles. The molecule has 0 saturated heterocycles.